The maximum atomic E-state index is 11.6. The Morgan fingerprint density at radius 3 is 2.94 bits per heavy atom. The summed E-state index contributed by atoms with van der Waals surface area (Å²) in [5, 5.41) is 0. The Morgan fingerprint density at radius 2 is 2.22 bits per heavy atom. The minimum Gasteiger partial charge on any atom is -0.318 e. The topological polar surface area (TPSA) is 43.1 Å². The second kappa shape index (κ2) is 3.79. The molecule has 0 unspecified atom stereocenters. The number of nitrogens with two attached hydrogens (primary N) is 1. The molecule has 2 heteroatoms. The van der Waals surface area contributed by atoms with E-state index >= 15 is 0 Å². The van der Waals surface area contributed by atoms with Gasteiger partial charge in [-0.1, -0.05) is 29.4 Å². The molecule has 18 heavy (non-hydrogen) atoms. The molecule has 0 spiro atoms. The first-order chi connectivity index (χ1) is 8.54. The molecule has 0 fully saturated rings. The van der Waals surface area contributed by atoms with E-state index in [2.05, 4.69) is 26.0 Å². The fourth-order valence-corrected chi connectivity index (χ4v) is 3.83. The van der Waals surface area contributed by atoms with Crippen molar-refractivity contribution in [3.05, 3.63) is 46.6 Å². The number of rotatable bonds is 0. The van der Waals surface area contributed by atoms with Crippen molar-refractivity contribution in [2.24, 2.45) is 11.7 Å². The van der Waals surface area contributed by atoms with Gasteiger partial charge in [0, 0.05) is 12.3 Å². The van der Waals surface area contributed by atoms with Gasteiger partial charge in [0.2, 0.25) is 0 Å². The van der Waals surface area contributed by atoms with E-state index in [-0.39, 0.29) is 11.3 Å². The molecule has 94 valence electrons. The van der Waals surface area contributed by atoms with Crippen LogP contribution < -0.4 is 5.73 Å². The molecule has 0 aliphatic heterocycles. The van der Waals surface area contributed by atoms with Gasteiger partial charge in [0.1, 0.15) is 0 Å². The lowest BCUT2D eigenvalue weighted by molar-refractivity contribution is -0.114. The van der Waals surface area contributed by atoms with E-state index in [0.29, 0.717) is 12.3 Å². The Bertz CT molecular complexity index is 547. The molecule has 2 atom stereocenters. The highest BCUT2D eigenvalue weighted by molar-refractivity contribution is 5.94. The van der Waals surface area contributed by atoms with E-state index in [1.807, 2.05) is 6.08 Å². The second-order valence-electron chi connectivity index (χ2n) is 5.71. The lowest BCUT2D eigenvalue weighted by atomic mass is 9.61. The fraction of sp³-hybridized carbons (Fsp3) is 0.438. The molecule has 0 heterocycles. The molecule has 0 radical (unpaired) electrons. The summed E-state index contributed by atoms with van der Waals surface area (Å²) in [4.78, 5) is 11.6. The lowest BCUT2D eigenvalue weighted by Gasteiger charge is -2.47. The molecule has 0 saturated carbocycles. The van der Waals surface area contributed by atoms with Crippen LogP contribution in [-0.2, 0) is 4.79 Å². The van der Waals surface area contributed by atoms with Crippen LogP contribution in [0.1, 0.15) is 33.1 Å². The molecule has 2 nitrogen and oxygen atoms in total. The first-order valence-electron chi connectivity index (χ1n) is 6.61. The van der Waals surface area contributed by atoms with E-state index in [1.165, 1.54) is 22.3 Å². The largest absolute Gasteiger partial charge is 0.318 e. The number of ketones is 1. The van der Waals surface area contributed by atoms with Crippen LogP contribution >= 0.6 is 0 Å². The van der Waals surface area contributed by atoms with Crippen molar-refractivity contribution in [2.75, 3.05) is 0 Å². The van der Waals surface area contributed by atoms with E-state index in [1.54, 1.807) is 6.08 Å². The van der Waals surface area contributed by atoms with Crippen molar-refractivity contribution in [1.82, 2.24) is 0 Å². The van der Waals surface area contributed by atoms with E-state index in [0.717, 1.165) is 12.8 Å². The SMILES string of the molecule is CC=C1[C@H]2C=C(C)C[C@]1(N)C1=C(CC(=O)C=C1)C2. The first-order valence-corrected chi connectivity index (χ1v) is 6.61. The Hall–Kier alpha value is -1.41. The van der Waals surface area contributed by atoms with Crippen LogP contribution in [0.2, 0.25) is 0 Å². The molecule has 2 N–H and O–H groups in total. The maximum Gasteiger partial charge on any atom is 0.159 e. The molecule has 2 bridgehead atoms. The molecule has 0 saturated heterocycles. The van der Waals surface area contributed by atoms with Gasteiger partial charge in [-0.2, -0.15) is 0 Å². The van der Waals surface area contributed by atoms with Crippen molar-refractivity contribution in [3.8, 4) is 0 Å². The highest BCUT2D eigenvalue weighted by atomic mass is 16.1. The lowest BCUT2D eigenvalue weighted by Crippen LogP contribution is -2.51. The number of hydrogen-bond donors (Lipinski definition) is 1. The summed E-state index contributed by atoms with van der Waals surface area (Å²) in [5.41, 5.74) is 11.5. The van der Waals surface area contributed by atoms with Gasteiger partial charge >= 0.3 is 0 Å². The molecule has 3 aliphatic rings. The van der Waals surface area contributed by atoms with Crippen LogP contribution in [0, 0.1) is 5.92 Å². The third-order valence-corrected chi connectivity index (χ3v) is 4.42. The van der Waals surface area contributed by atoms with Crippen molar-refractivity contribution in [3.63, 3.8) is 0 Å². The van der Waals surface area contributed by atoms with Gasteiger partial charge in [0.15, 0.2) is 5.78 Å². The summed E-state index contributed by atoms with van der Waals surface area (Å²) in [6.07, 6.45) is 10.5. The van der Waals surface area contributed by atoms with Crippen LogP contribution in [0.25, 0.3) is 0 Å². The summed E-state index contributed by atoms with van der Waals surface area (Å²) in [6.45, 7) is 4.23. The summed E-state index contributed by atoms with van der Waals surface area (Å²) in [7, 11) is 0. The van der Waals surface area contributed by atoms with Gasteiger partial charge in [0.25, 0.3) is 0 Å². The van der Waals surface area contributed by atoms with Crippen molar-refractivity contribution in [2.45, 2.75) is 38.6 Å². The standard InChI is InChI=1S/C16H19NO/c1-3-14-11-6-10(2)9-16(14,17)15-5-4-13(18)8-12(15)7-11/h3-6,11H,7-9,17H2,1-2H3/t11-,16+/m0/s1. The van der Waals surface area contributed by atoms with E-state index in [9.17, 15) is 4.79 Å². The summed E-state index contributed by atoms with van der Waals surface area (Å²) in [6, 6.07) is 0. The molecule has 0 aromatic rings. The zero-order valence-corrected chi connectivity index (χ0v) is 11.0. The van der Waals surface area contributed by atoms with Crippen LogP contribution in [0.4, 0.5) is 0 Å². The number of fused-ring (bicyclic) bond motifs is 3. The van der Waals surface area contributed by atoms with E-state index in [4.69, 9.17) is 5.73 Å². The van der Waals surface area contributed by atoms with Gasteiger partial charge in [-0.15, -0.1) is 0 Å². The summed E-state index contributed by atoms with van der Waals surface area (Å²) >= 11 is 0. The quantitative estimate of drug-likeness (QED) is 0.663. The smallest absolute Gasteiger partial charge is 0.159 e. The van der Waals surface area contributed by atoms with Crippen molar-refractivity contribution < 1.29 is 4.79 Å². The van der Waals surface area contributed by atoms with Crippen LogP contribution in [0.3, 0.4) is 0 Å². The molecule has 0 amide bonds. The highest BCUT2D eigenvalue weighted by Crippen LogP contribution is 2.49. The molecular weight excluding hydrogens is 222 g/mol. The van der Waals surface area contributed by atoms with Gasteiger partial charge in [-0.05, 0) is 43.9 Å². The average Bonchev–Trinajstić information content (AvgIpc) is 2.26. The normalized spacial score (nSPS) is 36.8. The van der Waals surface area contributed by atoms with Gasteiger partial charge in [-0.25, -0.2) is 0 Å². The number of carbonyl (C=O) groups is 1. The Kier molecular flexibility index (Phi) is 2.46. The Labute approximate surface area is 108 Å². The Balaban J connectivity index is 2.17. The third-order valence-electron chi connectivity index (χ3n) is 4.42. The van der Waals surface area contributed by atoms with Gasteiger partial charge in [0.05, 0.1) is 5.54 Å². The summed E-state index contributed by atoms with van der Waals surface area (Å²) in [5.74, 6) is 0.604. The minimum absolute atomic E-state index is 0.208. The zero-order valence-electron chi connectivity index (χ0n) is 11.0. The number of allylic oxidation sites excluding steroid dienone is 4. The number of hydrogen-bond acceptors (Lipinski definition) is 2. The Morgan fingerprint density at radius 1 is 1.44 bits per heavy atom. The van der Waals surface area contributed by atoms with Crippen LogP contribution in [-0.4, -0.2) is 11.3 Å². The minimum atomic E-state index is -0.372. The van der Waals surface area contributed by atoms with Crippen LogP contribution in [0.15, 0.2) is 46.6 Å². The molecule has 3 rings (SSSR count). The molecule has 3 aliphatic carbocycles. The summed E-state index contributed by atoms with van der Waals surface area (Å²) < 4.78 is 0. The maximum absolute atomic E-state index is 11.6. The molecule has 0 aromatic carbocycles. The van der Waals surface area contributed by atoms with Gasteiger partial charge in [-0.3, -0.25) is 4.79 Å². The zero-order chi connectivity index (χ0) is 12.9. The highest BCUT2D eigenvalue weighted by Gasteiger charge is 2.44. The van der Waals surface area contributed by atoms with Crippen molar-refractivity contribution >= 4 is 5.78 Å². The fourth-order valence-electron chi connectivity index (χ4n) is 3.83. The average molecular weight is 241 g/mol. The van der Waals surface area contributed by atoms with Crippen LogP contribution in [0.5, 0.6) is 0 Å². The monoisotopic (exact) mass is 241 g/mol. The predicted molar refractivity (Wildman–Crippen MR) is 72.9 cm³/mol. The predicted octanol–water partition coefficient (Wildman–Crippen LogP) is 2.83. The van der Waals surface area contributed by atoms with Crippen molar-refractivity contribution in [1.29, 1.82) is 0 Å². The third kappa shape index (κ3) is 1.49. The van der Waals surface area contributed by atoms with Gasteiger partial charge < -0.3 is 5.73 Å². The molecular formula is C16H19NO. The first kappa shape index (κ1) is 11.7. The number of carbonyl (C=O) groups excluding carboxylic acids is 1. The molecule has 0 aromatic heterocycles. The van der Waals surface area contributed by atoms with E-state index < -0.39 is 0 Å². The second-order valence-corrected chi connectivity index (χ2v) is 5.71.